The Morgan fingerprint density at radius 2 is 2.05 bits per heavy atom. The smallest absolute Gasteiger partial charge is 0.253 e. The molecule has 0 aromatic heterocycles. The molecule has 108 valence electrons. The van der Waals surface area contributed by atoms with Crippen molar-refractivity contribution in [2.24, 2.45) is 5.73 Å². The Kier molecular flexibility index (Phi) is 7.59. The number of amides is 1. The van der Waals surface area contributed by atoms with Crippen LogP contribution >= 0.6 is 12.4 Å². The van der Waals surface area contributed by atoms with Crippen LogP contribution in [0.4, 0.5) is 4.39 Å². The van der Waals surface area contributed by atoms with Crippen molar-refractivity contribution in [3.63, 3.8) is 0 Å². The van der Waals surface area contributed by atoms with E-state index in [-0.39, 0.29) is 36.7 Å². The molecule has 0 spiro atoms. The fourth-order valence-corrected chi connectivity index (χ4v) is 1.74. The van der Waals surface area contributed by atoms with Crippen LogP contribution in [0.5, 0.6) is 0 Å². The summed E-state index contributed by atoms with van der Waals surface area (Å²) in [6, 6.07) is 6.02. The zero-order valence-electron chi connectivity index (χ0n) is 11.3. The van der Waals surface area contributed by atoms with Crippen molar-refractivity contribution in [2.45, 2.75) is 19.1 Å². The molecule has 2 N–H and O–H groups in total. The van der Waals surface area contributed by atoms with Crippen LogP contribution in [0.1, 0.15) is 18.5 Å². The first-order valence-corrected chi connectivity index (χ1v) is 5.76. The Morgan fingerprint density at radius 1 is 1.47 bits per heavy atom. The van der Waals surface area contributed by atoms with Crippen LogP contribution in [0.2, 0.25) is 0 Å². The second-order valence-electron chi connectivity index (χ2n) is 4.11. The number of carbonyl (C=O) groups is 1. The predicted molar refractivity (Wildman–Crippen MR) is 74.7 cm³/mol. The van der Waals surface area contributed by atoms with Crippen LogP contribution < -0.4 is 5.73 Å². The van der Waals surface area contributed by atoms with E-state index < -0.39 is 6.10 Å². The molecule has 6 heteroatoms. The first kappa shape index (κ1) is 17.8. The minimum Gasteiger partial charge on any atom is -0.370 e. The fraction of sp³-hybridized carbons (Fsp3) is 0.462. The molecule has 19 heavy (non-hydrogen) atoms. The average molecular weight is 291 g/mol. The molecule has 0 aliphatic heterocycles. The molecular weight excluding hydrogens is 271 g/mol. The van der Waals surface area contributed by atoms with Crippen molar-refractivity contribution in [3.8, 4) is 0 Å². The van der Waals surface area contributed by atoms with Crippen molar-refractivity contribution in [1.82, 2.24) is 4.90 Å². The highest BCUT2D eigenvalue weighted by molar-refractivity contribution is 5.85. The van der Waals surface area contributed by atoms with E-state index >= 15 is 0 Å². The van der Waals surface area contributed by atoms with Crippen LogP contribution in [-0.2, 0) is 9.53 Å². The van der Waals surface area contributed by atoms with Gasteiger partial charge in [-0.25, -0.2) is 4.39 Å². The molecule has 1 aromatic carbocycles. The normalized spacial score (nSPS) is 13.3. The lowest BCUT2D eigenvalue weighted by Gasteiger charge is -2.28. The highest BCUT2D eigenvalue weighted by atomic mass is 35.5. The summed E-state index contributed by atoms with van der Waals surface area (Å²) in [5.74, 6) is -0.581. The minimum absolute atomic E-state index is 0. The molecular formula is C13H20ClFN2O2. The Bertz CT molecular complexity index is 413. The van der Waals surface area contributed by atoms with E-state index in [4.69, 9.17) is 10.5 Å². The average Bonchev–Trinajstić information content (AvgIpc) is 2.39. The zero-order valence-corrected chi connectivity index (χ0v) is 12.1. The molecule has 0 aliphatic rings. The number of hydrogen-bond acceptors (Lipinski definition) is 3. The topological polar surface area (TPSA) is 55.6 Å². The number of carbonyl (C=O) groups excluding carboxylic acids is 1. The molecule has 0 aliphatic carbocycles. The number of likely N-dealkylation sites (N-methyl/N-ethyl adjacent to an activating group) is 1. The number of ether oxygens (including phenoxy) is 1. The predicted octanol–water partition coefficient (Wildman–Crippen LogP) is 1.74. The summed E-state index contributed by atoms with van der Waals surface area (Å²) in [6.45, 7) is 1.86. The lowest BCUT2D eigenvalue weighted by Crippen LogP contribution is -2.42. The number of nitrogens with zero attached hydrogens (tertiary/aromatic N) is 1. The van der Waals surface area contributed by atoms with E-state index in [0.29, 0.717) is 5.56 Å². The van der Waals surface area contributed by atoms with Crippen molar-refractivity contribution < 1.29 is 13.9 Å². The molecule has 0 heterocycles. The monoisotopic (exact) mass is 290 g/mol. The third-order valence-electron chi connectivity index (χ3n) is 3.06. The first-order valence-electron chi connectivity index (χ1n) is 5.76. The van der Waals surface area contributed by atoms with Crippen LogP contribution in [0.3, 0.4) is 0 Å². The quantitative estimate of drug-likeness (QED) is 0.899. The zero-order chi connectivity index (χ0) is 13.7. The number of rotatable bonds is 5. The summed E-state index contributed by atoms with van der Waals surface area (Å²) < 4.78 is 18.6. The highest BCUT2D eigenvalue weighted by Crippen LogP contribution is 2.22. The standard InChI is InChI=1S/C13H19FN2O2.ClH/c1-9(10-6-4-5-7-11(10)14)16(2)13(17)12(8-15)18-3;/h4-7,9,12H,8,15H2,1-3H3;1H. The second kappa shape index (κ2) is 8.09. The summed E-state index contributed by atoms with van der Waals surface area (Å²) in [6.07, 6.45) is -0.691. The fourth-order valence-electron chi connectivity index (χ4n) is 1.74. The van der Waals surface area contributed by atoms with Gasteiger partial charge >= 0.3 is 0 Å². The molecule has 2 atom stereocenters. The third-order valence-corrected chi connectivity index (χ3v) is 3.06. The maximum Gasteiger partial charge on any atom is 0.253 e. The van der Waals surface area contributed by atoms with Gasteiger partial charge < -0.3 is 15.4 Å². The van der Waals surface area contributed by atoms with Gasteiger partial charge in [-0.05, 0) is 13.0 Å². The largest absolute Gasteiger partial charge is 0.370 e. The Hall–Kier alpha value is -1.17. The molecule has 4 nitrogen and oxygen atoms in total. The lowest BCUT2D eigenvalue weighted by atomic mass is 10.1. The van der Waals surface area contributed by atoms with Gasteiger partial charge in [0, 0.05) is 26.3 Å². The van der Waals surface area contributed by atoms with Gasteiger partial charge in [-0.2, -0.15) is 0 Å². The van der Waals surface area contributed by atoms with E-state index in [0.717, 1.165) is 0 Å². The molecule has 1 aromatic rings. The number of methoxy groups -OCH3 is 1. The number of nitrogens with two attached hydrogens (primary N) is 1. The van der Waals surface area contributed by atoms with Gasteiger partial charge in [0.2, 0.25) is 0 Å². The molecule has 0 radical (unpaired) electrons. The Balaban J connectivity index is 0.00000324. The van der Waals surface area contributed by atoms with Gasteiger partial charge in [-0.3, -0.25) is 4.79 Å². The van der Waals surface area contributed by atoms with Crippen LogP contribution in [0.25, 0.3) is 0 Å². The SMILES string of the molecule is COC(CN)C(=O)N(C)C(C)c1ccccc1F.Cl. The number of halogens is 2. The lowest BCUT2D eigenvalue weighted by molar-refractivity contribution is -0.142. The van der Waals surface area contributed by atoms with E-state index in [9.17, 15) is 9.18 Å². The molecule has 2 unspecified atom stereocenters. The van der Waals surface area contributed by atoms with E-state index in [1.807, 2.05) is 0 Å². The number of hydrogen-bond donors (Lipinski definition) is 1. The molecule has 1 rings (SSSR count). The summed E-state index contributed by atoms with van der Waals surface area (Å²) in [5, 5.41) is 0. The summed E-state index contributed by atoms with van der Waals surface area (Å²) in [5.41, 5.74) is 5.92. The molecule has 0 saturated carbocycles. The third kappa shape index (κ3) is 4.16. The van der Waals surface area contributed by atoms with Gasteiger partial charge in [-0.15, -0.1) is 12.4 Å². The van der Waals surface area contributed by atoms with Crippen LogP contribution in [0.15, 0.2) is 24.3 Å². The first-order chi connectivity index (χ1) is 8.52. The summed E-state index contributed by atoms with van der Waals surface area (Å²) in [7, 11) is 3.04. The van der Waals surface area contributed by atoms with Gasteiger partial charge in [0.05, 0.1) is 6.04 Å². The Morgan fingerprint density at radius 3 is 2.53 bits per heavy atom. The molecule has 0 saturated heterocycles. The van der Waals surface area contributed by atoms with Crippen molar-refractivity contribution in [1.29, 1.82) is 0 Å². The molecule has 0 bridgehead atoms. The van der Waals surface area contributed by atoms with Crippen molar-refractivity contribution in [2.75, 3.05) is 20.7 Å². The van der Waals surface area contributed by atoms with E-state index in [2.05, 4.69) is 0 Å². The Labute approximate surface area is 119 Å². The van der Waals surface area contributed by atoms with Gasteiger partial charge in [-0.1, -0.05) is 18.2 Å². The maximum absolute atomic E-state index is 13.6. The van der Waals surface area contributed by atoms with Crippen LogP contribution in [0, 0.1) is 5.82 Å². The summed E-state index contributed by atoms with van der Waals surface area (Å²) >= 11 is 0. The van der Waals surface area contributed by atoms with Crippen LogP contribution in [-0.4, -0.2) is 37.6 Å². The minimum atomic E-state index is -0.691. The van der Waals surface area contributed by atoms with Gasteiger partial charge in [0.1, 0.15) is 11.9 Å². The van der Waals surface area contributed by atoms with Gasteiger partial charge in [0.15, 0.2) is 0 Å². The summed E-state index contributed by atoms with van der Waals surface area (Å²) in [4.78, 5) is 13.5. The number of benzene rings is 1. The van der Waals surface area contributed by atoms with E-state index in [1.54, 1.807) is 32.2 Å². The van der Waals surface area contributed by atoms with Crippen molar-refractivity contribution in [3.05, 3.63) is 35.6 Å². The van der Waals surface area contributed by atoms with Gasteiger partial charge in [0.25, 0.3) is 5.91 Å². The molecule has 0 fully saturated rings. The van der Waals surface area contributed by atoms with E-state index in [1.165, 1.54) is 18.1 Å². The molecule has 1 amide bonds. The maximum atomic E-state index is 13.6. The van der Waals surface area contributed by atoms with Crippen molar-refractivity contribution >= 4 is 18.3 Å². The highest BCUT2D eigenvalue weighted by Gasteiger charge is 2.25. The second-order valence-corrected chi connectivity index (χ2v) is 4.11.